The summed E-state index contributed by atoms with van der Waals surface area (Å²) in [5, 5.41) is 4.95. The van der Waals surface area contributed by atoms with Crippen molar-refractivity contribution in [3.8, 4) is 0 Å². The van der Waals surface area contributed by atoms with Crippen LogP contribution in [0.5, 0.6) is 0 Å². The highest BCUT2D eigenvalue weighted by Crippen LogP contribution is 2.23. The zero-order chi connectivity index (χ0) is 21.3. The van der Waals surface area contributed by atoms with Crippen molar-refractivity contribution in [3.05, 3.63) is 58.9 Å². The molecule has 0 saturated carbocycles. The van der Waals surface area contributed by atoms with E-state index in [2.05, 4.69) is 30.9 Å². The number of esters is 1. The first-order chi connectivity index (χ1) is 13.6. The summed E-state index contributed by atoms with van der Waals surface area (Å²) >= 11 is 0. The van der Waals surface area contributed by atoms with E-state index >= 15 is 0 Å². The minimum atomic E-state index is -0.552. The number of benzene rings is 1. The highest BCUT2D eigenvalue weighted by atomic mass is 16.5. The lowest BCUT2D eigenvalue weighted by atomic mass is 9.86. The molecule has 0 aliphatic heterocycles. The number of fused-ring (bicyclic) bond motifs is 1. The molecule has 0 aliphatic rings. The Balaban J connectivity index is 1.76. The van der Waals surface area contributed by atoms with Crippen LogP contribution in [0.15, 0.2) is 36.5 Å². The molecule has 152 valence electrons. The Hall–Kier alpha value is -3.02. The van der Waals surface area contributed by atoms with Gasteiger partial charge >= 0.3 is 5.97 Å². The van der Waals surface area contributed by atoms with Crippen LogP contribution >= 0.6 is 0 Å². The van der Waals surface area contributed by atoms with E-state index in [4.69, 9.17) is 4.74 Å². The Morgan fingerprint density at radius 3 is 2.38 bits per heavy atom. The lowest BCUT2D eigenvalue weighted by Crippen LogP contribution is -2.16. The molecule has 1 aromatic carbocycles. The summed E-state index contributed by atoms with van der Waals surface area (Å²) in [4.78, 5) is 29.6. The molecule has 0 fully saturated rings. The number of ether oxygens (including phenoxy) is 1. The molecular weight excluding hydrogens is 366 g/mol. The standard InChI is InChI=1S/C23H27N3O3/c1-14(2)26-21-19(12-24-26)18(11-15(3)25-21)22(28)29-13-20(27)16-7-9-17(10-8-16)23(4,5)6/h7-12,14H,13H2,1-6H3. The molecule has 6 nitrogen and oxygen atoms in total. The van der Waals surface area contributed by atoms with Crippen LogP contribution in [0.25, 0.3) is 11.0 Å². The van der Waals surface area contributed by atoms with Crippen molar-refractivity contribution in [2.45, 2.75) is 53.0 Å². The van der Waals surface area contributed by atoms with Crippen LogP contribution in [0.1, 0.15) is 72.6 Å². The Labute approximate surface area is 170 Å². The molecule has 0 bridgehead atoms. The van der Waals surface area contributed by atoms with Crippen molar-refractivity contribution in [1.82, 2.24) is 14.8 Å². The van der Waals surface area contributed by atoms with Gasteiger partial charge in [0.1, 0.15) is 0 Å². The molecule has 29 heavy (non-hydrogen) atoms. The second-order valence-electron chi connectivity index (χ2n) is 8.56. The fourth-order valence-electron chi connectivity index (χ4n) is 3.14. The minimum absolute atomic E-state index is 0.0129. The van der Waals surface area contributed by atoms with Crippen molar-refractivity contribution in [2.24, 2.45) is 0 Å². The van der Waals surface area contributed by atoms with Crippen molar-refractivity contribution < 1.29 is 14.3 Å². The number of carbonyl (C=O) groups excluding carboxylic acids is 2. The topological polar surface area (TPSA) is 74.1 Å². The smallest absolute Gasteiger partial charge is 0.339 e. The predicted molar refractivity (Wildman–Crippen MR) is 112 cm³/mol. The Morgan fingerprint density at radius 2 is 1.79 bits per heavy atom. The number of carbonyl (C=O) groups is 2. The number of hydrogen-bond acceptors (Lipinski definition) is 5. The maximum atomic E-state index is 12.7. The molecule has 0 N–H and O–H groups in total. The third kappa shape index (κ3) is 4.36. The van der Waals surface area contributed by atoms with Crippen molar-refractivity contribution in [1.29, 1.82) is 0 Å². The summed E-state index contributed by atoms with van der Waals surface area (Å²) in [5.41, 5.74) is 3.37. The highest BCUT2D eigenvalue weighted by molar-refractivity contribution is 6.04. The van der Waals surface area contributed by atoms with Gasteiger partial charge in [0, 0.05) is 17.3 Å². The number of Topliss-reactive ketones (excluding diaryl/α,β-unsaturated/α-hetero) is 1. The average Bonchev–Trinajstić information content (AvgIpc) is 3.08. The van der Waals surface area contributed by atoms with Gasteiger partial charge in [0.2, 0.25) is 0 Å². The first-order valence-corrected chi connectivity index (χ1v) is 9.73. The zero-order valence-electron chi connectivity index (χ0n) is 17.8. The molecule has 0 amide bonds. The van der Waals surface area contributed by atoms with E-state index in [1.165, 1.54) is 0 Å². The van der Waals surface area contributed by atoms with Crippen LogP contribution < -0.4 is 0 Å². The minimum Gasteiger partial charge on any atom is -0.454 e. The van der Waals surface area contributed by atoms with Gasteiger partial charge in [-0.1, -0.05) is 45.0 Å². The van der Waals surface area contributed by atoms with E-state index in [1.807, 2.05) is 32.9 Å². The Bertz CT molecular complexity index is 1060. The van der Waals surface area contributed by atoms with E-state index in [0.717, 1.165) is 5.56 Å². The summed E-state index contributed by atoms with van der Waals surface area (Å²) in [5.74, 6) is -0.790. The second-order valence-corrected chi connectivity index (χ2v) is 8.56. The van der Waals surface area contributed by atoms with Crippen LogP contribution in [0.4, 0.5) is 0 Å². The maximum Gasteiger partial charge on any atom is 0.339 e. The van der Waals surface area contributed by atoms with Crippen LogP contribution in [-0.2, 0) is 10.2 Å². The van der Waals surface area contributed by atoms with Crippen LogP contribution in [0.3, 0.4) is 0 Å². The molecule has 6 heteroatoms. The third-order valence-electron chi connectivity index (χ3n) is 4.81. The zero-order valence-corrected chi connectivity index (χ0v) is 17.8. The van der Waals surface area contributed by atoms with Gasteiger partial charge in [-0.2, -0.15) is 5.10 Å². The number of hydrogen-bond donors (Lipinski definition) is 0. The molecule has 2 heterocycles. The van der Waals surface area contributed by atoms with Gasteiger partial charge in [-0.25, -0.2) is 14.5 Å². The quantitative estimate of drug-likeness (QED) is 0.466. The number of rotatable bonds is 5. The van der Waals surface area contributed by atoms with Gasteiger partial charge < -0.3 is 4.74 Å². The van der Waals surface area contributed by atoms with E-state index in [-0.39, 0.29) is 23.8 Å². The van der Waals surface area contributed by atoms with E-state index in [0.29, 0.717) is 27.9 Å². The summed E-state index contributed by atoms with van der Waals surface area (Å²) in [6.07, 6.45) is 1.62. The second kappa shape index (κ2) is 7.78. The summed E-state index contributed by atoms with van der Waals surface area (Å²) in [6, 6.07) is 9.20. The molecule has 0 saturated heterocycles. The summed E-state index contributed by atoms with van der Waals surface area (Å²) in [7, 11) is 0. The van der Waals surface area contributed by atoms with Crippen molar-refractivity contribution >= 4 is 22.8 Å². The molecule has 0 radical (unpaired) electrons. The number of pyridine rings is 1. The van der Waals surface area contributed by atoms with Gasteiger partial charge in [0.05, 0.1) is 17.1 Å². The molecule has 0 aliphatic carbocycles. The molecular formula is C23H27N3O3. The molecule has 0 spiro atoms. The van der Waals surface area contributed by atoms with Gasteiger partial charge in [-0.15, -0.1) is 0 Å². The lowest BCUT2D eigenvalue weighted by Gasteiger charge is -2.18. The molecule has 3 rings (SSSR count). The van der Waals surface area contributed by atoms with E-state index in [9.17, 15) is 9.59 Å². The number of nitrogens with zero attached hydrogens (tertiary/aromatic N) is 3. The van der Waals surface area contributed by atoms with Gasteiger partial charge in [0.15, 0.2) is 18.0 Å². The van der Waals surface area contributed by atoms with Gasteiger partial charge in [-0.3, -0.25) is 4.79 Å². The van der Waals surface area contributed by atoms with Gasteiger partial charge in [-0.05, 0) is 37.8 Å². The number of ketones is 1. The molecule has 0 unspecified atom stereocenters. The molecule has 3 aromatic rings. The van der Waals surface area contributed by atoms with Crippen molar-refractivity contribution in [2.75, 3.05) is 6.61 Å². The van der Waals surface area contributed by atoms with E-state index < -0.39 is 5.97 Å². The van der Waals surface area contributed by atoms with E-state index in [1.54, 1.807) is 29.1 Å². The number of aromatic nitrogens is 3. The van der Waals surface area contributed by atoms with Crippen molar-refractivity contribution in [3.63, 3.8) is 0 Å². The monoisotopic (exact) mass is 393 g/mol. The fourth-order valence-corrected chi connectivity index (χ4v) is 3.14. The summed E-state index contributed by atoms with van der Waals surface area (Å²) in [6.45, 7) is 11.8. The maximum absolute atomic E-state index is 12.7. The van der Waals surface area contributed by atoms with Crippen LogP contribution in [0.2, 0.25) is 0 Å². The highest BCUT2D eigenvalue weighted by Gasteiger charge is 2.20. The lowest BCUT2D eigenvalue weighted by molar-refractivity contribution is 0.0476. The fraction of sp³-hybridized carbons (Fsp3) is 0.391. The number of aryl methyl sites for hydroxylation is 1. The van der Waals surface area contributed by atoms with Crippen LogP contribution in [-0.4, -0.2) is 33.1 Å². The Kier molecular flexibility index (Phi) is 5.55. The van der Waals surface area contributed by atoms with Gasteiger partial charge in [0.25, 0.3) is 0 Å². The SMILES string of the molecule is Cc1cc(C(=O)OCC(=O)c2ccc(C(C)(C)C)cc2)c2cnn(C(C)C)c2n1. The molecule has 2 aromatic heterocycles. The normalized spacial score (nSPS) is 11.8. The summed E-state index contributed by atoms with van der Waals surface area (Å²) < 4.78 is 7.09. The molecule has 0 atom stereocenters. The Morgan fingerprint density at radius 1 is 1.14 bits per heavy atom. The first-order valence-electron chi connectivity index (χ1n) is 9.73. The average molecular weight is 393 g/mol. The van der Waals surface area contributed by atoms with Crippen LogP contribution in [0, 0.1) is 6.92 Å². The largest absolute Gasteiger partial charge is 0.454 e. The first kappa shape index (κ1) is 20.7. The third-order valence-corrected chi connectivity index (χ3v) is 4.81. The predicted octanol–water partition coefficient (Wildman–Crippen LogP) is 4.66.